The van der Waals surface area contributed by atoms with Gasteiger partial charge in [0.15, 0.2) is 0 Å². The van der Waals surface area contributed by atoms with Crippen LogP contribution in [-0.4, -0.2) is 17.5 Å². The third kappa shape index (κ3) is 5.77. The van der Waals surface area contributed by atoms with Gasteiger partial charge in [0.25, 0.3) is 0 Å². The topological polar surface area (TPSA) is 12.0 Å². The maximum absolute atomic E-state index is 3.73. The van der Waals surface area contributed by atoms with Crippen LogP contribution in [0.5, 0.6) is 0 Å². The van der Waals surface area contributed by atoms with Gasteiger partial charge in [-0.05, 0) is 49.0 Å². The van der Waals surface area contributed by atoms with Crippen molar-refractivity contribution in [3.05, 3.63) is 34.3 Å². The Labute approximate surface area is 124 Å². The molecule has 0 fully saturated rings. The lowest BCUT2D eigenvalue weighted by atomic mass is 10.0. The van der Waals surface area contributed by atoms with Crippen LogP contribution in [0.3, 0.4) is 0 Å². The maximum atomic E-state index is 3.73. The lowest BCUT2D eigenvalue weighted by molar-refractivity contribution is 0.439. The molecular formula is C15H24BrNS. The van der Waals surface area contributed by atoms with E-state index in [-0.39, 0.29) is 0 Å². The molecule has 0 aliphatic rings. The van der Waals surface area contributed by atoms with E-state index in [2.05, 4.69) is 66.3 Å². The quantitative estimate of drug-likeness (QED) is 0.672. The Morgan fingerprint density at radius 2 is 2.11 bits per heavy atom. The molecule has 0 aliphatic carbocycles. The van der Waals surface area contributed by atoms with Gasteiger partial charge in [0.2, 0.25) is 0 Å². The third-order valence-electron chi connectivity index (χ3n) is 3.04. The summed E-state index contributed by atoms with van der Waals surface area (Å²) in [5.41, 5.74) is 1.38. The maximum Gasteiger partial charge on any atom is 0.0320 e. The van der Waals surface area contributed by atoms with E-state index in [0.29, 0.717) is 12.1 Å². The second-order valence-corrected chi connectivity index (χ2v) is 6.88. The van der Waals surface area contributed by atoms with Gasteiger partial charge in [-0.3, -0.25) is 0 Å². The van der Waals surface area contributed by atoms with Gasteiger partial charge in [-0.25, -0.2) is 0 Å². The molecule has 2 atom stereocenters. The highest BCUT2D eigenvalue weighted by atomic mass is 79.9. The number of hydrogen-bond acceptors (Lipinski definition) is 2. The molecule has 0 spiro atoms. The van der Waals surface area contributed by atoms with Crippen LogP contribution in [-0.2, 0) is 0 Å². The zero-order valence-electron chi connectivity index (χ0n) is 11.6. The molecule has 1 aromatic carbocycles. The Morgan fingerprint density at radius 1 is 1.33 bits per heavy atom. The molecule has 0 bridgehead atoms. The molecule has 0 heterocycles. The predicted octanol–water partition coefficient (Wildman–Crippen LogP) is 5.02. The van der Waals surface area contributed by atoms with Crippen LogP contribution < -0.4 is 5.32 Å². The number of rotatable bonds is 8. The van der Waals surface area contributed by atoms with E-state index >= 15 is 0 Å². The fourth-order valence-electron chi connectivity index (χ4n) is 2.00. The van der Waals surface area contributed by atoms with Crippen molar-refractivity contribution in [1.82, 2.24) is 5.32 Å². The molecule has 0 aromatic heterocycles. The fraction of sp³-hybridized carbons (Fsp3) is 0.600. The van der Waals surface area contributed by atoms with Gasteiger partial charge in [0.1, 0.15) is 0 Å². The average molecular weight is 330 g/mol. The van der Waals surface area contributed by atoms with Gasteiger partial charge >= 0.3 is 0 Å². The monoisotopic (exact) mass is 329 g/mol. The lowest BCUT2D eigenvalue weighted by Crippen LogP contribution is -2.30. The summed E-state index contributed by atoms with van der Waals surface area (Å²) in [6.45, 7) is 6.75. The number of benzene rings is 1. The van der Waals surface area contributed by atoms with Crippen LogP contribution in [0.25, 0.3) is 0 Å². The Kier molecular flexibility index (Phi) is 8.03. The molecule has 1 nitrogen and oxygen atoms in total. The summed E-state index contributed by atoms with van der Waals surface area (Å²) in [7, 11) is 0. The fourth-order valence-corrected chi connectivity index (χ4v) is 3.23. The summed E-state index contributed by atoms with van der Waals surface area (Å²) in [5, 5.41) is 3.73. The van der Waals surface area contributed by atoms with Crippen molar-refractivity contribution in [2.45, 2.75) is 45.7 Å². The molecular weight excluding hydrogens is 306 g/mol. The van der Waals surface area contributed by atoms with E-state index in [0.717, 1.165) is 10.9 Å². The van der Waals surface area contributed by atoms with Crippen molar-refractivity contribution < 1.29 is 0 Å². The summed E-state index contributed by atoms with van der Waals surface area (Å²) >= 11 is 5.57. The van der Waals surface area contributed by atoms with E-state index < -0.39 is 0 Å². The van der Waals surface area contributed by atoms with Crippen molar-refractivity contribution in [2.75, 3.05) is 11.5 Å². The first-order valence-electron chi connectivity index (χ1n) is 6.76. The van der Waals surface area contributed by atoms with Crippen molar-refractivity contribution in [1.29, 1.82) is 0 Å². The normalized spacial score (nSPS) is 14.4. The van der Waals surface area contributed by atoms with Crippen molar-refractivity contribution in [3.8, 4) is 0 Å². The second kappa shape index (κ2) is 9.00. The largest absolute Gasteiger partial charge is 0.307 e. The first-order chi connectivity index (χ1) is 8.67. The summed E-state index contributed by atoms with van der Waals surface area (Å²) in [5.74, 6) is 2.47. The van der Waals surface area contributed by atoms with Crippen LogP contribution in [0.4, 0.5) is 0 Å². The third-order valence-corrected chi connectivity index (χ3v) is 4.47. The molecule has 0 amide bonds. The average Bonchev–Trinajstić information content (AvgIpc) is 2.36. The molecule has 102 valence electrons. The second-order valence-electron chi connectivity index (χ2n) is 4.57. The van der Waals surface area contributed by atoms with Gasteiger partial charge in [0, 0.05) is 16.6 Å². The summed E-state index contributed by atoms with van der Waals surface area (Å²) < 4.78 is 1.16. The number of hydrogen-bond donors (Lipinski definition) is 1. The predicted molar refractivity (Wildman–Crippen MR) is 87.4 cm³/mol. The molecule has 0 saturated carbocycles. The van der Waals surface area contributed by atoms with E-state index in [1.807, 2.05) is 11.8 Å². The van der Waals surface area contributed by atoms with Crippen LogP contribution >= 0.6 is 27.7 Å². The van der Waals surface area contributed by atoms with E-state index in [9.17, 15) is 0 Å². The highest BCUT2D eigenvalue weighted by molar-refractivity contribution is 9.10. The minimum atomic E-state index is 0.462. The molecule has 0 saturated heterocycles. The summed E-state index contributed by atoms with van der Waals surface area (Å²) in [6, 6.07) is 9.66. The van der Waals surface area contributed by atoms with Gasteiger partial charge in [0.05, 0.1) is 0 Å². The van der Waals surface area contributed by atoms with Gasteiger partial charge in [-0.1, -0.05) is 41.9 Å². The zero-order valence-corrected chi connectivity index (χ0v) is 14.0. The molecule has 1 aromatic rings. The SMILES string of the molecule is CCSCCC(C)NC(CC)c1cccc(Br)c1. The lowest BCUT2D eigenvalue weighted by Gasteiger charge is -2.23. The first-order valence-corrected chi connectivity index (χ1v) is 8.71. The van der Waals surface area contributed by atoms with Gasteiger partial charge in [-0.2, -0.15) is 11.8 Å². The number of thioether (sulfide) groups is 1. The highest BCUT2D eigenvalue weighted by Gasteiger charge is 2.12. The smallest absolute Gasteiger partial charge is 0.0320 e. The minimum absolute atomic E-state index is 0.462. The number of halogens is 1. The molecule has 2 unspecified atom stereocenters. The Morgan fingerprint density at radius 3 is 2.72 bits per heavy atom. The Hall–Kier alpha value is 0.01000. The van der Waals surface area contributed by atoms with Crippen LogP contribution in [0.2, 0.25) is 0 Å². The van der Waals surface area contributed by atoms with Crippen LogP contribution in [0.15, 0.2) is 28.7 Å². The first kappa shape index (κ1) is 16.1. The van der Waals surface area contributed by atoms with Crippen molar-refractivity contribution in [2.24, 2.45) is 0 Å². The standard InChI is InChI=1S/C15H24BrNS/c1-4-15(13-7-6-8-14(16)11-13)17-12(3)9-10-18-5-2/h6-8,11-12,15,17H,4-5,9-10H2,1-3H3. The van der Waals surface area contributed by atoms with Gasteiger partial charge in [-0.15, -0.1) is 0 Å². The molecule has 1 rings (SSSR count). The molecule has 0 radical (unpaired) electrons. The summed E-state index contributed by atoms with van der Waals surface area (Å²) in [6.07, 6.45) is 2.37. The summed E-state index contributed by atoms with van der Waals surface area (Å²) in [4.78, 5) is 0. The zero-order chi connectivity index (χ0) is 13.4. The molecule has 1 N–H and O–H groups in total. The van der Waals surface area contributed by atoms with E-state index in [1.54, 1.807) is 0 Å². The van der Waals surface area contributed by atoms with Crippen LogP contribution in [0, 0.1) is 0 Å². The van der Waals surface area contributed by atoms with Gasteiger partial charge < -0.3 is 5.32 Å². The number of nitrogens with one attached hydrogen (secondary N) is 1. The molecule has 3 heteroatoms. The van der Waals surface area contributed by atoms with E-state index in [4.69, 9.17) is 0 Å². The van der Waals surface area contributed by atoms with Crippen LogP contribution in [0.1, 0.15) is 45.2 Å². The van der Waals surface area contributed by atoms with Crippen molar-refractivity contribution in [3.63, 3.8) is 0 Å². The molecule has 0 aliphatic heterocycles. The highest BCUT2D eigenvalue weighted by Crippen LogP contribution is 2.21. The van der Waals surface area contributed by atoms with E-state index in [1.165, 1.54) is 23.5 Å². The molecule has 18 heavy (non-hydrogen) atoms. The Bertz CT molecular complexity index is 343. The van der Waals surface area contributed by atoms with Crippen molar-refractivity contribution >= 4 is 27.7 Å². The Balaban J connectivity index is 2.51. The minimum Gasteiger partial charge on any atom is -0.307 e.